The van der Waals surface area contributed by atoms with Crippen LogP contribution in [0.1, 0.15) is 16.1 Å². The first-order valence-electron chi connectivity index (χ1n) is 8.16. The Balaban J connectivity index is 1.44. The van der Waals surface area contributed by atoms with Crippen LogP contribution in [-0.4, -0.2) is 24.7 Å². The van der Waals surface area contributed by atoms with Crippen molar-refractivity contribution in [3.63, 3.8) is 0 Å². The number of nitrogens with one attached hydrogen (secondary N) is 1. The molecule has 8 heteroatoms. The second kappa shape index (κ2) is 9.38. The molecule has 0 saturated carbocycles. The smallest absolute Gasteiger partial charge is 0.379 e. The van der Waals surface area contributed by atoms with Crippen molar-refractivity contribution < 1.29 is 23.5 Å². The fourth-order valence-corrected chi connectivity index (χ4v) is 2.19. The van der Waals surface area contributed by atoms with Crippen molar-refractivity contribution in [3.05, 3.63) is 83.3 Å². The van der Waals surface area contributed by atoms with E-state index < -0.39 is 11.9 Å². The fraction of sp³-hybridized carbons (Fsp3) is 0.0500. The Kier molecular flexibility index (Phi) is 6.43. The Labute approximate surface area is 165 Å². The van der Waals surface area contributed by atoms with Gasteiger partial charge in [-0.25, -0.2) is 10.2 Å². The predicted molar refractivity (Wildman–Crippen MR) is 103 cm³/mol. The quantitative estimate of drug-likeness (QED) is 0.284. The molecule has 0 unspecified atom stereocenters. The maximum absolute atomic E-state index is 11.8. The number of halogens is 1. The van der Waals surface area contributed by atoms with Crippen molar-refractivity contribution in [3.8, 4) is 11.5 Å². The highest BCUT2D eigenvalue weighted by molar-refractivity contribution is 6.30. The third-order valence-electron chi connectivity index (χ3n) is 3.40. The number of furan rings is 1. The average Bonchev–Trinajstić information content (AvgIpc) is 3.24. The Morgan fingerprint density at radius 1 is 1.04 bits per heavy atom. The number of hydrazone groups is 1. The summed E-state index contributed by atoms with van der Waals surface area (Å²) in [6.45, 7) is -0.180. The van der Waals surface area contributed by atoms with Crippen LogP contribution in [0.15, 0.2) is 76.4 Å². The third kappa shape index (κ3) is 5.72. The molecule has 1 aromatic heterocycles. The highest BCUT2D eigenvalue weighted by Gasteiger charge is 2.10. The summed E-state index contributed by atoms with van der Waals surface area (Å²) in [5, 5.41) is 4.44. The SMILES string of the molecule is O=C(COc1ccc(Cl)cc1)N/N=C\c1ccc(OC(=O)c2ccco2)cc1. The highest BCUT2D eigenvalue weighted by Crippen LogP contribution is 2.15. The van der Waals surface area contributed by atoms with Gasteiger partial charge in [-0.1, -0.05) is 11.6 Å². The second-order valence-corrected chi connectivity index (χ2v) is 5.91. The summed E-state index contributed by atoms with van der Waals surface area (Å²) >= 11 is 5.78. The summed E-state index contributed by atoms with van der Waals surface area (Å²) < 4.78 is 15.4. The molecule has 142 valence electrons. The van der Waals surface area contributed by atoms with E-state index in [1.807, 2.05) is 0 Å². The van der Waals surface area contributed by atoms with Gasteiger partial charge in [-0.05, 0) is 66.2 Å². The van der Waals surface area contributed by atoms with Gasteiger partial charge in [0.25, 0.3) is 5.91 Å². The van der Waals surface area contributed by atoms with Crippen molar-refractivity contribution in [2.75, 3.05) is 6.61 Å². The molecule has 0 spiro atoms. The lowest BCUT2D eigenvalue weighted by molar-refractivity contribution is -0.123. The molecule has 0 fully saturated rings. The maximum atomic E-state index is 11.8. The number of ether oxygens (including phenoxy) is 2. The minimum absolute atomic E-state index is 0.120. The summed E-state index contributed by atoms with van der Waals surface area (Å²) in [6.07, 6.45) is 2.85. The van der Waals surface area contributed by atoms with Crippen LogP contribution in [0.4, 0.5) is 0 Å². The molecule has 28 heavy (non-hydrogen) atoms. The van der Waals surface area contributed by atoms with Crippen LogP contribution >= 0.6 is 11.6 Å². The normalized spacial score (nSPS) is 10.6. The van der Waals surface area contributed by atoms with Crippen molar-refractivity contribution in [1.29, 1.82) is 0 Å². The number of carbonyl (C=O) groups is 2. The van der Waals surface area contributed by atoms with Gasteiger partial charge in [0.2, 0.25) is 5.76 Å². The lowest BCUT2D eigenvalue weighted by Crippen LogP contribution is -2.24. The van der Waals surface area contributed by atoms with Gasteiger partial charge in [0.15, 0.2) is 6.61 Å². The minimum atomic E-state index is -0.584. The number of nitrogens with zero attached hydrogens (tertiary/aromatic N) is 1. The number of hydrogen-bond donors (Lipinski definition) is 1. The summed E-state index contributed by atoms with van der Waals surface area (Å²) in [4.78, 5) is 23.5. The van der Waals surface area contributed by atoms with Crippen LogP contribution < -0.4 is 14.9 Å². The largest absolute Gasteiger partial charge is 0.484 e. The Morgan fingerprint density at radius 3 is 2.43 bits per heavy atom. The van der Waals surface area contributed by atoms with Gasteiger partial charge >= 0.3 is 5.97 Å². The third-order valence-corrected chi connectivity index (χ3v) is 3.65. The molecule has 3 rings (SSSR count). The molecule has 0 saturated heterocycles. The van der Waals surface area contributed by atoms with Gasteiger partial charge in [-0.15, -0.1) is 0 Å². The lowest BCUT2D eigenvalue weighted by Gasteiger charge is -2.05. The van der Waals surface area contributed by atoms with Gasteiger partial charge in [0.1, 0.15) is 11.5 Å². The monoisotopic (exact) mass is 398 g/mol. The van der Waals surface area contributed by atoms with E-state index in [2.05, 4.69) is 10.5 Å². The Hall–Kier alpha value is -3.58. The van der Waals surface area contributed by atoms with Crippen molar-refractivity contribution >= 4 is 29.7 Å². The first-order chi connectivity index (χ1) is 13.6. The van der Waals surface area contributed by atoms with Crippen molar-refractivity contribution in [2.24, 2.45) is 5.10 Å². The average molecular weight is 399 g/mol. The molecule has 7 nitrogen and oxygen atoms in total. The molecular formula is C20H15ClN2O5. The van der Waals surface area contributed by atoms with E-state index in [0.29, 0.717) is 22.1 Å². The van der Waals surface area contributed by atoms with E-state index in [4.69, 9.17) is 25.5 Å². The van der Waals surface area contributed by atoms with Crippen molar-refractivity contribution in [2.45, 2.75) is 0 Å². The van der Waals surface area contributed by atoms with E-state index in [1.54, 1.807) is 54.6 Å². The van der Waals surface area contributed by atoms with Crippen LogP contribution in [0.5, 0.6) is 11.5 Å². The van der Waals surface area contributed by atoms with E-state index in [1.165, 1.54) is 18.5 Å². The van der Waals surface area contributed by atoms with Crippen LogP contribution in [0, 0.1) is 0 Å². The number of amides is 1. The van der Waals surface area contributed by atoms with E-state index in [0.717, 1.165) is 0 Å². The number of benzene rings is 2. The Morgan fingerprint density at radius 2 is 1.75 bits per heavy atom. The first-order valence-corrected chi connectivity index (χ1v) is 8.54. The van der Waals surface area contributed by atoms with Gasteiger partial charge in [-0.2, -0.15) is 5.10 Å². The molecule has 1 N–H and O–H groups in total. The highest BCUT2D eigenvalue weighted by atomic mass is 35.5. The summed E-state index contributed by atoms with van der Waals surface area (Å²) in [7, 11) is 0. The molecule has 0 aliphatic heterocycles. The van der Waals surface area contributed by atoms with Crippen LogP contribution in [0.3, 0.4) is 0 Å². The van der Waals surface area contributed by atoms with Gasteiger partial charge in [0, 0.05) is 5.02 Å². The molecule has 0 aliphatic carbocycles. The standard InChI is InChI=1S/C20H15ClN2O5/c21-15-5-9-16(10-6-15)27-13-19(24)23-22-12-14-3-7-17(8-4-14)28-20(25)18-2-1-11-26-18/h1-12H,13H2,(H,23,24)/b22-12-. The van der Waals surface area contributed by atoms with E-state index in [-0.39, 0.29) is 12.4 Å². The number of carbonyl (C=O) groups excluding carboxylic acids is 2. The van der Waals surface area contributed by atoms with Crippen LogP contribution in [0.25, 0.3) is 0 Å². The zero-order valence-corrected chi connectivity index (χ0v) is 15.3. The molecule has 0 radical (unpaired) electrons. The predicted octanol–water partition coefficient (Wildman–Crippen LogP) is 3.68. The fourth-order valence-electron chi connectivity index (χ4n) is 2.06. The van der Waals surface area contributed by atoms with Crippen molar-refractivity contribution in [1.82, 2.24) is 5.43 Å². The molecule has 1 amide bonds. The zero-order valence-electron chi connectivity index (χ0n) is 14.5. The van der Waals surface area contributed by atoms with E-state index >= 15 is 0 Å². The molecular weight excluding hydrogens is 384 g/mol. The molecule has 0 atom stereocenters. The Bertz CT molecular complexity index is 951. The molecule has 0 aliphatic rings. The number of hydrogen-bond acceptors (Lipinski definition) is 6. The summed E-state index contributed by atoms with van der Waals surface area (Å²) in [6, 6.07) is 16.4. The summed E-state index contributed by atoms with van der Waals surface area (Å²) in [5.74, 6) is 0.0194. The lowest BCUT2D eigenvalue weighted by atomic mass is 10.2. The maximum Gasteiger partial charge on any atom is 0.379 e. The molecule has 3 aromatic rings. The first kappa shape index (κ1) is 19.2. The minimum Gasteiger partial charge on any atom is -0.484 e. The number of rotatable bonds is 7. The van der Waals surface area contributed by atoms with Gasteiger partial charge in [-0.3, -0.25) is 4.79 Å². The molecule has 1 heterocycles. The van der Waals surface area contributed by atoms with Gasteiger partial charge in [0.05, 0.1) is 12.5 Å². The molecule has 2 aromatic carbocycles. The van der Waals surface area contributed by atoms with Crippen LogP contribution in [0.2, 0.25) is 5.02 Å². The zero-order chi connectivity index (χ0) is 19.8. The van der Waals surface area contributed by atoms with E-state index in [9.17, 15) is 9.59 Å². The summed E-state index contributed by atoms with van der Waals surface area (Å²) in [5.41, 5.74) is 3.07. The second-order valence-electron chi connectivity index (χ2n) is 5.47. The van der Waals surface area contributed by atoms with Gasteiger partial charge < -0.3 is 13.9 Å². The molecule has 0 bridgehead atoms. The topological polar surface area (TPSA) is 90.1 Å². The van der Waals surface area contributed by atoms with Crippen LogP contribution in [-0.2, 0) is 4.79 Å². The number of esters is 1.